The van der Waals surface area contributed by atoms with Gasteiger partial charge in [0.25, 0.3) is 0 Å². The van der Waals surface area contributed by atoms with Gasteiger partial charge in [0.2, 0.25) is 5.91 Å². The van der Waals surface area contributed by atoms with Gasteiger partial charge in [0.15, 0.2) is 0 Å². The molecule has 0 aromatic carbocycles. The number of hydrogen-bond donors (Lipinski definition) is 3. The summed E-state index contributed by atoms with van der Waals surface area (Å²) in [7, 11) is 1.25. The van der Waals surface area contributed by atoms with E-state index < -0.39 is 12.1 Å². The van der Waals surface area contributed by atoms with Crippen molar-refractivity contribution in [2.45, 2.75) is 19.0 Å². The van der Waals surface area contributed by atoms with Crippen molar-refractivity contribution >= 4 is 11.9 Å². The van der Waals surface area contributed by atoms with Crippen molar-refractivity contribution in [3.63, 3.8) is 0 Å². The first-order valence-electron chi connectivity index (χ1n) is 3.91. The van der Waals surface area contributed by atoms with Crippen LogP contribution in [-0.2, 0) is 14.3 Å². The summed E-state index contributed by atoms with van der Waals surface area (Å²) in [5, 5.41) is 2.36. The quantitative estimate of drug-likeness (QED) is 0.353. The van der Waals surface area contributed by atoms with Crippen LogP contribution >= 0.6 is 0 Å². The smallest absolute Gasteiger partial charge is 0.325 e. The second kappa shape index (κ2) is 6.38. The molecule has 0 radical (unpaired) electrons. The first kappa shape index (κ1) is 11.9. The molecule has 5 N–H and O–H groups in total. The number of carbonyl (C=O) groups is 2. The van der Waals surface area contributed by atoms with E-state index in [2.05, 4.69) is 10.1 Å². The summed E-state index contributed by atoms with van der Waals surface area (Å²) in [4.78, 5) is 21.5. The molecule has 0 aromatic rings. The monoisotopic (exact) mass is 189 g/mol. The van der Waals surface area contributed by atoms with Gasteiger partial charge in [-0.05, 0) is 6.42 Å². The van der Waals surface area contributed by atoms with E-state index in [0.29, 0.717) is 6.42 Å². The van der Waals surface area contributed by atoms with E-state index in [1.54, 1.807) is 0 Å². The topological polar surface area (TPSA) is 107 Å². The maximum absolute atomic E-state index is 10.9. The van der Waals surface area contributed by atoms with Gasteiger partial charge in [-0.3, -0.25) is 9.59 Å². The lowest BCUT2D eigenvalue weighted by Crippen LogP contribution is -2.34. The zero-order valence-corrected chi connectivity index (χ0v) is 7.58. The van der Waals surface area contributed by atoms with Crippen molar-refractivity contribution in [2.75, 3.05) is 13.7 Å². The Labute approximate surface area is 76.6 Å². The Morgan fingerprint density at radius 1 is 1.46 bits per heavy atom. The summed E-state index contributed by atoms with van der Waals surface area (Å²) in [6.07, 6.45) is 0.116. The average molecular weight is 189 g/mol. The predicted molar refractivity (Wildman–Crippen MR) is 46.4 cm³/mol. The van der Waals surface area contributed by atoms with Gasteiger partial charge in [-0.2, -0.15) is 0 Å². The molecule has 0 aliphatic heterocycles. The number of esters is 1. The first-order chi connectivity index (χ1) is 6.06. The molecule has 13 heavy (non-hydrogen) atoms. The molecule has 0 rings (SSSR count). The number of hydrogen-bond acceptors (Lipinski definition) is 5. The first-order valence-corrected chi connectivity index (χ1v) is 3.91. The van der Waals surface area contributed by atoms with Crippen LogP contribution in [0.3, 0.4) is 0 Å². The Kier molecular flexibility index (Phi) is 5.82. The summed E-state index contributed by atoms with van der Waals surface area (Å²) < 4.78 is 4.32. The number of nitrogens with two attached hydrogens (primary N) is 2. The molecular weight excluding hydrogens is 174 g/mol. The summed E-state index contributed by atoms with van der Waals surface area (Å²) >= 11 is 0. The molecule has 0 spiro atoms. The van der Waals surface area contributed by atoms with Crippen LogP contribution in [0.1, 0.15) is 12.8 Å². The number of ether oxygens (including phenoxy) is 1. The molecular formula is C7H15N3O3. The second-order valence-corrected chi connectivity index (χ2v) is 2.56. The summed E-state index contributed by atoms with van der Waals surface area (Å²) in [5.41, 5.74) is 10.5. The molecule has 0 bridgehead atoms. The molecule has 6 heteroatoms. The Bertz CT molecular complexity index is 182. The zero-order chi connectivity index (χ0) is 10.3. The lowest BCUT2D eigenvalue weighted by molar-refractivity contribution is -0.141. The van der Waals surface area contributed by atoms with Crippen LogP contribution < -0.4 is 16.8 Å². The van der Waals surface area contributed by atoms with Crippen molar-refractivity contribution < 1.29 is 14.3 Å². The summed E-state index contributed by atoms with van der Waals surface area (Å²) in [6, 6.07) is 0. The van der Waals surface area contributed by atoms with E-state index in [9.17, 15) is 9.59 Å². The molecule has 0 saturated carbocycles. The predicted octanol–water partition coefficient (Wildman–Crippen LogP) is -1.70. The minimum absolute atomic E-state index is 0.116. The third-order valence-corrected chi connectivity index (χ3v) is 1.36. The van der Waals surface area contributed by atoms with E-state index in [0.717, 1.165) is 0 Å². The molecule has 0 fully saturated rings. The van der Waals surface area contributed by atoms with Crippen molar-refractivity contribution in [2.24, 2.45) is 11.5 Å². The number of methoxy groups -OCH3 is 1. The minimum Gasteiger partial charge on any atom is -0.468 e. The third kappa shape index (κ3) is 7.23. The molecule has 0 atom stereocenters. The van der Waals surface area contributed by atoms with Crippen LogP contribution in [0.15, 0.2) is 0 Å². The Hall–Kier alpha value is -1.14. The standard InChI is InChI=1S/C7H15N3O3/c1-13-7(12)4-10-6(11)3-2-5(8)9/h5H,2-4,8-9H2,1H3,(H,10,11). The SMILES string of the molecule is COC(=O)CNC(=O)CCC(N)N. The molecule has 0 aliphatic rings. The van der Waals surface area contributed by atoms with Crippen LogP contribution in [0.25, 0.3) is 0 Å². The highest BCUT2D eigenvalue weighted by atomic mass is 16.5. The highest BCUT2D eigenvalue weighted by molar-refractivity contribution is 5.81. The van der Waals surface area contributed by atoms with Crippen LogP contribution in [0, 0.1) is 0 Å². The van der Waals surface area contributed by atoms with Crippen LogP contribution in [0.5, 0.6) is 0 Å². The fourth-order valence-corrected chi connectivity index (χ4v) is 0.629. The van der Waals surface area contributed by atoms with Crippen molar-refractivity contribution in [3.05, 3.63) is 0 Å². The molecule has 6 nitrogen and oxygen atoms in total. The second-order valence-electron chi connectivity index (χ2n) is 2.56. The summed E-state index contributed by atoms with van der Waals surface area (Å²) in [5.74, 6) is -0.739. The zero-order valence-electron chi connectivity index (χ0n) is 7.58. The molecule has 0 aromatic heterocycles. The number of rotatable bonds is 5. The van der Waals surface area contributed by atoms with Gasteiger partial charge in [-0.15, -0.1) is 0 Å². The highest BCUT2D eigenvalue weighted by Gasteiger charge is 2.05. The Morgan fingerprint density at radius 3 is 2.54 bits per heavy atom. The molecule has 1 amide bonds. The maximum Gasteiger partial charge on any atom is 0.325 e. The number of carbonyl (C=O) groups excluding carboxylic acids is 2. The van der Waals surface area contributed by atoms with Crippen LogP contribution in [0.4, 0.5) is 0 Å². The fraction of sp³-hybridized carbons (Fsp3) is 0.714. The average Bonchev–Trinajstić information content (AvgIpc) is 2.10. The Morgan fingerprint density at radius 2 is 2.08 bits per heavy atom. The molecule has 0 aliphatic carbocycles. The normalized spacial score (nSPS) is 9.85. The number of amides is 1. The van der Waals surface area contributed by atoms with Gasteiger partial charge in [-0.25, -0.2) is 0 Å². The highest BCUT2D eigenvalue weighted by Crippen LogP contribution is 1.88. The van der Waals surface area contributed by atoms with Crippen LogP contribution in [-0.4, -0.2) is 31.7 Å². The van der Waals surface area contributed by atoms with Crippen molar-refractivity contribution in [3.8, 4) is 0 Å². The lowest BCUT2D eigenvalue weighted by atomic mass is 10.2. The van der Waals surface area contributed by atoms with Gasteiger partial charge in [0, 0.05) is 6.42 Å². The van der Waals surface area contributed by atoms with Crippen molar-refractivity contribution in [1.29, 1.82) is 0 Å². The van der Waals surface area contributed by atoms with Gasteiger partial charge >= 0.3 is 5.97 Å². The number of nitrogens with one attached hydrogen (secondary N) is 1. The lowest BCUT2D eigenvalue weighted by Gasteiger charge is -2.05. The van der Waals surface area contributed by atoms with Gasteiger partial charge < -0.3 is 21.5 Å². The van der Waals surface area contributed by atoms with Crippen LogP contribution in [0.2, 0.25) is 0 Å². The molecule has 0 heterocycles. The van der Waals surface area contributed by atoms with Crippen molar-refractivity contribution in [1.82, 2.24) is 5.32 Å². The minimum atomic E-state index is -0.496. The largest absolute Gasteiger partial charge is 0.468 e. The summed E-state index contributed by atoms with van der Waals surface area (Å²) in [6.45, 7) is -0.116. The van der Waals surface area contributed by atoms with E-state index in [1.165, 1.54) is 7.11 Å². The molecule has 0 unspecified atom stereocenters. The van der Waals surface area contributed by atoms with Gasteiger partial charge in [-0.1, -0.05) is 0 Å². The van der Waals surface area contributed by atoms with Gasteiger partial charge in [0.05, 0.1) is 13.3 Å². The van der Waals surface area contributed by atoms with E-state index in [1.807, 2.05) is 0 Å². The van der Waals surface area contributed by atoms with E-state index >= 15 is 0 Å². The van der Waals surface area contributed by atoms with E-state index in [4.69, 9.17) is 11.5 Å². The van der Waals surface area contributed by atoms with E-state index in [-0.39, 0.29) is 18.9 Å². The Balaban J connectivity index is 3.46. The molecule has 0 saturated heterocycles. The van der Waals surface area contributed by atoms with Gasteiger partial charge in [0.1, 0.15) is 6.54 Å². The fourth-order valence-electron chi connectivity index (χ4n) is 0.629. The maximum atomic E-state index is 10.9. The third-order valence-electron chi connectivity index (χ3n) is 1.36. The molecule has 76 valence electrons.